The molecular formula is C16H16Br2N4OS2. The number of allylic oxidation sites excluding steroid dienone is 6. The third-order valence-corrected chi connectivity index (χ3v) is 7.04. The second-order valence-corrected chi connectivity index (χ2v) is 9.36. The SMILES string of the molecule is N=C(N)SCC1=C2C(Br)=CC=CC23CC=C(Br)C(CSC(=N)N)=C3O1. The summed E-state index contributed by atoms with van der Waals surface area (Å²) in [6.45, 7) is 0. The molecule has 1 unspecified atom stereocenters. The number of amidine groups is 2. The van der Waals surface area contributed by atoms with Crippen LogP contribution in [-0.4, -0.2) is 21.8 Å². The lowest BCUT2D eigenvalue weighted by molar-refractivity contribution is 0.279. The van der Waals surface area contributed by atoms with Crippen molar-refractivity contribution in [2.45, 2.75) is 6.42 Å². The standard InChI is InChI=1S/C16H16Br2N4OS2/c17-9-3-5-16-4-1-2-10(18)12(16)11(7-25-15(21)22)23-13(16)8(9)6-24-14(19)20/h1-4H,5-7H2,(H3,19,20)(H3,21,22). The van der Waals surface area contributed by atoms with E-state index >= 15 is 0 Å². The predicted molar refractivity (Wildman–Crippen MR) is 114 cm³/mol. The molecule has 3 rings (SSSR count). The lowest BCUT2D eigenvalue weighted by atomic mass is 9.71. The molecule has 0 aromatic carbocycles. The first-order chi connectivity index (χ1) is 11.8. The van der Waals surface area contributed by atoms with Crippen LogP contribution >= 0.6 is 55.4 Å². The fraction of sp³-hybridized carbons (Fsp3) is 0.250. The van der Waals surface area contributed by atoms with E-state index in [9.17, 15) is 0 Å². The topological polar surface area (TPSA) is 109 Å². The van der Waals surface area contributed by atoms with E-state index in [1.807, 2.05) is 12.2 Å². The summed E-state index contributed by atoms with van der Waals surface area (Å²) < 4.78 is 8.26. The number of hydrogen-bond donors (Lipinski definition) is 4. The quantitative estimate of drug-likeness (QED) is 0.338. The second-order valence-electron chi connectivity index (χ2n) is 5.62. The zero-order valence-electron chi connectivity index (χ0n) is 13.1. The van der Waals surface area contributed by atoms with E-state index in [0.29, 0.717) is 11.5 Å². The van der Waals surface area contributed by atoms with Gasteiger partial charge < -0.3 is 16.2 Å². The zero-order chi connectivity index (χ0) is 18.2. The molecular weight excluding hydrogens is 488 g/mol. The zero-order valence-corrected chi connectivity index (χ0v) is 17.9. The predicted octanol–water partition coefficient (Wildman–Crippen LogP) is 4.30. The van der Waals surface area contributed by atoms with E-state index in [1.165, 1.54) is 23.5 Å². The summed E-state index contributed by atoms with van der Waals surface area (Å²) >= 11 is 9.80. The van der Waals surface area contributed by atoms with E-state index in [0.717, 1.165) is 38.1 Å². The lowest BCUT2D eigenvalue weighted by Gasteiger charge is -2.34. The molecule has 0 aromatic rings. The summed E-state index contributed by atoms with van der Waals surface area (Å²) in [6.07, 6.45) is 9.10. The largest absolute Gasteiger partial charge is 0.463 e. The molecule has 1 heterocycles. The molecule has 25 heavy (non-hydrogen) atoms. The summed E-state index contributed by atoms with van der Waals surface area (Å²) in [5.74, 6) is 2.73. The Balaban J connectivity index is 2.06. The molecule has 0 saturated carbocycles. The van der Waals surface area contributed by atoms with Crippen molar-refractivity contribution in [2.75, 3.05) is 11.5 Å². The van der Waals surface area contributed by atoms with Gasteiger partial charge in [-0.05, 0) is 12.5 Å². The van der Waals surface area contributed by atoms with Crippen LogP contribution in [0.4, 0.5) is 0 Å². The van der Waals surface area contributed by atoms with Crippen molar-refractivity contribution in [1.82, 2.24) is 0 Å². The highest BCUT2D eigenvalue weighted by Crippen LogP contribution is 2.59. The molecule has 132 valence electrons. The summed E-state index contributed by atoms with van der Waals surface area (Å²) in [4.78, 5) is 0. The summed E-state index contributed by atoms with van der Waals surface area (Å²) in [6, 6.07) is 0. The Morgan fingerprint density at radius 3 is 2.52 bits per heavy atom. The van der Waals surface area contributed by atoms with Crippen LogP contribution < -0.4 is 11.5 Å². The van der Waals surface area contributed by atoms with Crippen molar-refractivity contribution in [2.24, 2.45) is 16.9 Å². The Bertz CT molecular complexity index is 813. The van der Waals surface area contributed by atoms with Crippen LogP contribution in [0.1, 0.15) is 6.42 Å². The number of thioether (sulfide) groups is 2. The highest BCUT2D eigenvalue weighted by atomic mass is 79.9. The molecule has 0 bridgehead atoms. The number of ether oxygens (including phenoxy) is 1. The van der Waals surface area contributed by atoms with Crippen molar-refractivity contribution in [3.05, 3.63) is 55.9 Å². The highest BCUT2D eigenvalue weighted by molar-refractivity contribution is 9.12. The van der Waals surface area contributed by atoms with Crippen LogP contribution in [-0.2, 0) is 4.74 Å². The molecule has 9 heteroatoms. The van der Waals surface area contributed by atoms with Crippen LogP contribution in [0.2, 0.25) is 0 Å². The first kappa shape index (κ1) is 18.9. The minimum Gasteiger partial charge on any atom is -0.463 e. The van der Waals surface area contributed by atoms with Crippen molar-refractivity contribution < 1.29 is 4.74 Å². The van der Waals surface area contributed by atoms with Gasteiger partial charge in [0.25, 0.3) is 0 Å². The number of rotatable bonds is 4. The Labute approximate surface area is 171 Å². The first-order valence-corrected chi connectivity index (χ1v) is 10.9. The molecule has 0 saturated heterocycles. The molecule has 0 aromatic heterocycles. The molecule has 2 aliphatic carbocycles. The molecule has 1 spiro atoms. The number of nitrogens with one attached hydrogen (secondary N) is 2. The Hall–Kier alpha value is -0.900. The fourth-order valence-corrected chi connectivity index (χ4v) is 5.59. The Kier molecular flexibility index (Phi) is 5.57. The van der Waals surface area contributed by atoms with Crippen LogP contribution in [0.15, 0.2) is 55.9 Å². The van der Waals surface area contributed by atoms with Crippen molar-refractivity contribution in [3.63, 3.8) is 0 Å². The van der Waals surface area contributed by atoms with Gasteiger partial charge >= 0.3 is 0 Å². The van der Waals surface area contributed by atoms with Crippen molar-refractivity contribution in [1.29, 1.82) is 10.8 Å². The van der Waals surface area contributed by atoms with Crippen LogP contribution in [0.25, 0.3) is 0 Å². The number of halogens is 2. The fourth-order valence-electron chi connectivity index (χ4n) is 3.12. The van der Waals surface area contributed by atoms with Gasteiger partial charge in [-0.1, -0.05) is 73.6 Å². The van der Waals surface area contributed by atoms with Crippen LogP contribution in [0.3, 0.4) is 0 Å². The third-order valence-electron chi connectivity index (χ3n) is 4.11. The van der Waals surface area contributed by atoms with Crippen molar-refractivity contribution in [3.8, 4) is 0 Å². The van der Waals surface area contributed by atoms with Crippen molar-refractivity contribution >= 4 is 65.7 Å². The third kappa shape index (κ3) is 3.51. The molecule has 5 nitrogen and oxygen atoms in total. The smallest absolute Gasteiger partial charge is 0.151 e. The molecule has 3 aliphatic rings. The maximum atomic E-state index is 7.49. The van der Waals surface area contributed by atoms with Gasteiger partial charge in [-0.2, -0.15) is 0 Å². The summed E-state index contributed by atoms with van der Waals surface area (Å²) in [5, 5.41) is 15.1. The average molecular weight is 504 g/mol. The second kappa shape index (κ2) is 7.38. The maximum Gasteiger partial charge on any atom is 0.151 e. The lowest BCUT2D eigenvalue weighted by Crippen LogP contribution is -2.26. The Morgan fingerprint density at radius 1 is 1.16 bits per heavy atom. The number of hydrogen-bond acceptors (Lipinski definition) is 5. The maximum absolute atomic E-state index is 7.49. The normalized spacial score (nSPS) is 24.4. The minimum absolute atomic E-state index is 0.0627. The molecule has 1 atom stereocenters. The van der Waals surface area contributed by atoms with Gasteiger partial charge in [0.1, 0.15) is 11.5 Å². The molecule has 0 radical (unpaired) electrons. The van der Waals surface area contributed by atoms with E-state index in [1.54, 1.807) is 0 Å². The van der Waals surface area contributed by atoms with E-state index in [-0.39, 0.29) is 15.8 Å². The van der Waals surface area contributed by atoms with Gasteiger partial charge in [-0.25, -0.2) is 0 Å². The highest BCUT2D eigenvalue weighted by Gasteiger charge is 2.50. The molecule has 0 amide bonds. The molecule has 1 aliphatic heterocycles. The summed E-state index contributed by atoms with van der Waals surface area (Å²) in [5.41, 5.74) is 12.8. The van der Waals surface area contributed by atoms with Gasteiger partial charge in [0, 0.05) is 25.9 Å². The monoisotopic (exact) mass is 502 g/mol. The number of nitrogens with two attached hydrogens (primary N) is 2. The summed E-state index contributed by atoms with van der Waals surface area (Å²) in [7, 11) is 0. The molecule has 6 N–H and O–H groups in total. The van der Waals surface area contributed by atoms with Gasteiger partial charge in [-0.3, -0.25) is 10.8 Å². The average Bonchev–Trinajstić information content (AvgIpc) is 2.88. The van der Waals surface area contributed by atoms with Gasteiger partial charge in [0.05, 0.1) is 11.2 Å². The van der Waals surface area contributed by atoms with Gasteiger partial charge in [-0.15, -0.1) is 0 Å². The minimum atomic E-state index is -0.357. The Morgan fingerprint density at radius 2 is 1.84 bits per heavy atom. The van der Waals surface area contributed by atoms with E-state index in [4.69, 9.17) is 27.0 Å². The van der Waals surface area contributed by atoms with Crippen LogP contribution in [0.5, 0.6) is 0 Å². The van der Waals surface area contributed by atoms with E-state index in [2.05, 4.69) is 44.0 Å². The first-order valence-electron chi connectivity index (χ1n) is 7.35. The van der Waals surface area contributed by atoms with Gasteiger partial charge in [0.2, 0.25) is 0 Å². The van der Waals surface area contributed by atoms with Gasteiger partial charge in [0.15, 0.2) is 10.3 Å². The van der Waals surface area contributed by atoms with E-state index < -0.39 is 0 Å². The molecule has 0 fully saturated rings. The van der Waals surface area contributed by atoms with Crippen LogP contribution in [0, 0.1) is 16.2 Å².